The van der Waals surface area contributed by atoms with Gasteiger partial charge in [-0.05, 0) is 38.0 Å². The van der Waals surface area contributed by atoms with Gasteiger partial charge in [0.05, 0.1) is 0 Å². The van der Waals surface area contributed by atoms with Gasteiger partial charge in [-0.15, -0.1) is 0 Å². The van der Waals surface area contributed by atoms with Gasteiger partial charge in [0, 0.05) is 5.92 Å². The molecule has 0 saturated carbocycles. The zero-order valence-electron chi connectivity index (χ0n) is 16.0. The highest BCUT2D eigenvalue weighted by atomic mass is 16.1. The standard InChI is InChI=1S/C21H41NO/c1-4-5-6-7-8-9-10-11-12-13-14-15-16-17-18-20(19(2)3)21(22)23/h11-12,19-20H,4-10,13-18H2,1-3H3,(H2,22,23). The summed E-state index contributed by atoms with van der Waals surface area (Å²) in [6.45, 7) is 6.44. The summed E-state index contributed by atoms with van der Waals surface area (Å²) in [6.07, 6.45) is 21.3. The van der Waals surface area contributed by atoms with Crippen molar-refractivity contribution in [3.05, 3.63) is 12.2 Å². The van der Waals surface area contributed by atoms with Crippen LogP contribution < -0.4 is 5.73 Å². The summed E-state index contributed by atoms with van der Waals surface area (Å²) in [4.78, 5) is 11.3. The molecule has 0 aliphatic heterocycles. The zero-order chi connectivity index (χ0) is 17.3. The van der Waals surface area contributed by atoms with Gasteiger partial charge in [-0.1, -0.05) is 84.3 Å². The Kier molecular flexibility index (Phi) is 15.5. The molecule has 2 N–H and O–H groups in total. The van der Waals surface area contributed by atoms with E-state index >= 15 is 0 Å². The van der Waals surface area contributed by atoms with Crippen LogP contribution in [0, 0.1) is 11.8 Å². The molecule has 23 heavy (non-hydrogen) atoms. The summed E-state index contributed by atoms with van der Waals surface area (Å²) in [5.41, 5.74) is 5.44. The van der Waals surface area contributed by atoms with Crippen LogP contribution in [-0.4, -0.2) is 5.91 Å². The van der Waals surface area contributed by atoms with Crippen molar-refractivity contribution in [1.82, 2.24) is 0 Å². The third-order valence-electron chi connectivity index (χ3n) is 4.70. The highest BCUT2D eigenvalue weighted by Crippen LogP contribution is 2.19. The van der Waals surface area contributed by atoms with E-state index in [0.717, 1.165) is 12.8 Å². The largest absolute Gasteiger partial charge is 0.369 e. The van der Waals surface area contributed by atoms with Crippen molar-refractivity contribution in [1.29, 1.82) is 0 Å². The minimum Gasteiger partial charge on any atom is -0.369 e. The molecule has 1 unspecified atom stereocenters. The first-order valence-corrected chi connectivity index (χ1v) is 10.0. The SMILES string of the molecule is CCCCCCCCC=CCCCCCCC(C(N)=O)C(C)C. The Bertz CT molecular complexity index is 296. The third-order valence-corrected chi connectivity index (χ3v) is 4.70. The smallest absolute Gasteiger partial charge is 0.220 e. The molecule has 0 heterocycles. The van der Waals surface area contributed by atoms with Crippen LogP contribution in [0.5, 0.6) is 0 Å². The van der Waals surface area contributed by atoms with Gasteiger partial charge in [0.25, 0.3) is 0 Å². The number of rotatable bonds is 16. The summed E-state index contributed by atoms with van der Waals surface area (Å²) in [5.74, 6) is 0.308. The first kappa shape index (κ1) is 22.2. The predicted octanol–water partition coefficient (Wildman–Crippen LogP) is 6.39. The van der Waals surface area contributed by atoms with Crippen molar-refractivity contribution < 1.29 is 4.79 Å². The molecule has 2 nitrogen and oxygen atoms in total. The number of hydrogen-bond acceptors (Lipinski definition) is 1. The Hall–Kier alpha value is -0.790. The van der Waals surface area contributed by atoms with E-state index in [0.29, 0.717) is 5.92 Å². The number of allylic oxidation sites excluding steroid dienone is 2. The quantitative estimate of drug-likeness (QED) is 0.259. The maximum absolute atomic E-state index is 11.3. The first-order chi connectivity index (χ1) is 11.1. The Morgan fingerprint density at radius 1 is 0.826 bits per heavy atom. The molecule has 0 radical (unpaired) electrons. The lowest BCUT2D eigenvalue weighted by molar-refractivity contribution is -0.123. The molecule has 0 saturated heterocycles. The van der Waals surface area contributed by atoms with Gasteiger partial charge >= 0.3 is 0 Å². The number of carbonyl (C=O) groups is 1. The second kappa shape index (κ2) is 16.1. The van der Waals surface area contributed by atoms with Crippen molar-refractivity contribution in [3.8, 4) is 0 Å². The number of nitrogens with two attached hydrogens (primary N) is 1. The van der Waals surface area contributed by atoms with Gasteiger partial charge in [-0.3, -0.25) is 4.79 Å². The van der Waals surface area contributed by atoms with E-state index in [1.165, 1.54) is 70.6 Å². The fourth-order valence-electron chi connectivity index (χ4n) is 3.06. The van der Waals surface area contributed by atoms with Crippen molar-refractivity contribution in [2.24, 2.45) is 17.6 Å². The van der Waals surface area contributed by atoms with Crippen LogP contribution in [0.1, 0.15) is 104 Å². The van der Waals surface area contributed by atoms with Crippen molar-refractivity contribution >= 4 is 5.91 Å². The van der Waals surface area contributed by atoms with E-state index < -0.39 is 0 Å². The summed E-state index contributed by atoms with van der Waals surface area (Å²) in [5, 5.41) is 0. The molecule has 0 aromatic carbocycles. The van der Waals surface area contributed by atoms with Gasteiger partial charge in [0.1, 0.15) is 0 Å². The van der Waals surface area contributed by atoms with Crippen molar-refractivity contribution in [2.45, 2.75) is 104 Å². The number of unbranched alkanes of at least 4 members (excludes halogenated alkanes) is 10. The maximum Gasteiger partial charge on any atom is 0.220 e. The lowest BCUT2D eigenvalue weighted by Gasteiger charge is -2.16. The molecule has 0 aromatic rings. The minimum atomic E-state index is -0.127. The van der Waals surface area contributed by atoms with E-state index in [1.807, 2.05) is 0 Å². The van der Waals surface area contributed by atoms with Crippen LogP contribution in [0.4, 0.5) is 0 Å². The minimum absolute atomic E-state index is 0.0622. The monoisotopic (exact) mass is 323 g/mol. The maximum atomic E-state index is 11.3. The fraction of sp³-hybridized carbons (Fsp3) is 0.857. The van der Waals surface area contributed by atoms with Crippen LogP contribution in [0.2, 0.25) is 0 Å². The average Bonchev–Trinajstić information content (AvgIpc) is 2.50. The Labute approximate surface area is 145 Å². The van der Waals surface area contributed by atoms with E-state index in [9.17, 15) is 4.79 Å². The van der Waals surface area contributed by atoms with Crippen LogP contribution in [0.25, 0.3) is 0 Å². The van der Waals surface area contributed by atoms with Crippen LogP contribution >= 0.6 is 0 Å². The molecule has 0 bridgehead atoms. The van der Waals surface area contributed by atoms with Crippen molar-refractivity contribution in [3.63, 3.8) is 0 Å². The molecule has 0 fully saturated rings. The Morgan fingerprint density at radius 2 is 1.30 bits per heavy atom. The van der Waals surface area contributed by atoms with E-state index in [1.54, 1.807) is 0 Å². The summed E-state index contributed by atoms with van der Waals surface area (Å²) in [7, 11) is 0. The van der Waals surface area contributed by atoms with Crippen LogP contribution in [0.15, 0.2) is 12.2 Å². The normalized spacial score (nSPS) is 13.0. The zero-order valence-corrected chi connectivity index (χ0v) is 16.0. The molecule has 1 atom stereocenters. The molecular formula is C21H41NO. The van der Waals surface area contributed by atoms with Gasteiger partial charge < -0.3 is 5.73 Å². The molecule has 0 spiro atoms. The number of hydrogen-bond donors (Lipinski definition) is 1. The van der Waals surface area contributed by atoms with Gasteiger partial charge in [-0.2, -0.15) is 0 Å². The average molecular weight is 324 g/mol. The van der Waals surface area contributed by atoms with Gasteiger partial charge in [0.2, 0.25) is 5.91 Å². The van der Waals surface area contributed by atoms with E-state index in [2.05, 4.69) is 32.9 Å². The summed E-state index contributed by atoms with van der Waals surface area (Å²) >= 11 is 0. The lowest BCUT2D eigenvalue weighted by Crippen LogP contribution is -2.27. The molecule has 2 heteroatoms. The van der Waals surface area contributed by atoms with Gasteiger partial charge in [0.15, 0.2) is 0 Å². The van der Waals surface area contributed by atoms with Crippen LogP contribution in [-0.2, 0) is 4.79 Å². The molecule has 0 aliphatic rings. The predicted molar refractivity (Wildman–Crippen MR) is 102 cm³/mol. The molecule has 136 valence electrons. The second-order valence-electron chi connectivity index (χ2n) is 7.27. The molecule has 1 amide bonds. The highest BCUT2D eigenvalue weighted by Gasteiger charge is 2.18. The highest BCUT2D eigenvalue weighted by molar-refractivity contribution is 5.76. The van der Waals surface area contributed by atoms with Crippen LogP contribution in [0.3, 0.4) is 0 Å². The third kappa shape index (κ3) is 14.5. The topological polar surface area (TPSA) is 43.1 Å². The first-order valence-electron chi connectivity index (χ1n) is 10.0. The Morgan fingerprint density at radius 3 is 1.78 bits per heavy atom. The molecule has 0 rings (SSSR count). The lowest BCUT2D eigenvalue weighted by atomic mass is 9.89. The summed E-state index contributed by atoms with van der Waals surface area (Å²) in [6, 6.07) is 0. The van der Waals surface area contributed by atoms with Gasteiger partial charge in [-0.25, -0.2) is 0 Å². The molecule has 0 aliphatic carbocycles. The second-order valence-corrected chi connectivity index (χ2v) is 7.27. The number of primary amides is 1. The number of carbonyl (C=O) groups excluding carboxylic acids is 1. The summed E-state index contributed by atoms with van der Waals surface area (Å²) < 4.78 is 0. The number of amides is 1. The van der Waals surface area contributed by atoms with E-state index in [-0.39, 0.29) is 11.8 Å². The molecule has 0 aromatic heterocycles. The fourth-order valence-corrected chi connectivity index (χ4v) is 3.06. The molecular weight excluding hydrogens is 282 g/mol. The van der Waals surface area contributed by atoms with Crippen molar-refractivity contribution in [2.75, 3.05) is 0 Å². The van der Waals surface area contributed by atoms with E-state index in [4.69, 9.17) is 5.73 Å². The Balaban J connectivity index is 3.35.